The molecule has 0 aliphatic rings. The second kappa shape index (κ2) is 9.43. The Morgan fingerprint density at radius 3 is 2.57 bits per heavy atom. The van der Waals surface area contributed by atoms with Crippen LogP contribution in [-0.2, 0) is 17.8 Å². The predicted molar refractivity (Wildman–Crippen MR) is 110 cm³/mol. The van der Waals surface area contributed by atoms with Crippen LogP contribution < -0.4 is 5.32 Å². The van der Waals surface area contributed by atoms with Crippen LogP contribution in [0.3, 0.4) is 0 Å². The largest absolute Gasteiger partial charge is 0.446 e. The van der Waals surface area contributed by atoms with E-state index in [0.29, 0.717) is 32.0 Å². The summed E-state index contributed by atoms with van der Waals surface area (Å²) in [6, 6.07) is 5.59. The van der Waals surface area contributed by atoms with Crippen molar-refractivity contribution in [3.05, 3.63) is 45.9 Å². The van der Waals surface area contributed by atoms with Crippen molar-refractivity contribution in [2.75, 3.05) is 5.32 Å². The number of alkyl halides is 3. The van der Waals surface area contributed by atoms with Gasteiger partial charge in [0.25, 0.3) is 0 Å². The maximum atomic E-state index is 12.4. The van der Waals surface area contributed by atoms with Gasteiger partial charge >= 0.3 is 5.51 Å². The molecule has 12 heteroatoms. The minimum atomic E-state index is -4.36. The van der Waals surface area contributed by atoms with Gasteiger partial charge in [-0.15, -0.1) is 22.7 Å². The van der Waals surface area contributed by atoms with Crippen LogP contribution >= 0.6 is 34.4 Å². The van der Waals surface area contributed by atoms with Crippen molar-refractivity contribution in [1.29, 1.82) is 0 Å². The van der Waals surface area contributed by atoms with Crippen LogP contribution in [0.2, 0.25) is 0 Å². The van der Waals surface area contributed by atoms with E-state index in [1.807, 2.05) is 0 Å². The highest BCUT2D eigenvalue weighted by Crippen LogP contribution is 2.37. The number of halogens is 3. The second-order valence-electron chi connectivity index (χ2n) is 6.12. The molecular formula is C18H16F3N3O3S3. The SMILES string of the molecule is CC(O)c1nc(CO)c(-c2csc(NC(=O)Cc3ccc(SC(F)(F)F)cc3)n2)s1. The lowest BCUT2D eigenvalue weighted by molar-refractivity contribution is -0.115. The normalized spacial score (nSPS) is 12.7. The maximum absolute atomic E-state index is 12.4. The lowest BCUT2D eigenvalue weighted by Gasteiger charge is -2.06. The van der Waals surface area contributed by atoms with Gasteiger partial charge in [0, 0.05) is 10.3 Å². The molecule has 6 nitrogen and oxygen atoms in total. The summed E-state index contributed by atoms with van der Waals surface area (Å²) in [7, 11) is 0. The topological polar surface area (TPSA) is 95.3 Å². The van der Waals surface area contributed by atoms with Gasteiger partial charge in [0.1, 0.15) is 11.1 Å². The molecule has 1 unspecified atom stereocenters. The number of aromatic nitrogens is 2. The van der Waals surface area contributed by atoms with Crippen LogP contribution in [0.5, 0.6) is 0 Å². The van der Waals surface area contributed by atoms with Gasteiger partial charge in [-0.1, -0.05) is 12.1 Å². The van der Waals surface area contributed by atoms with Gasteiger partial charge in [0.2, 0.25) is 5.91 Å². The zero-order valence-electron chi connectivity index (χ0n) is 15.4. The average molecular weight is 476 g/mol. The summed E-state index contributed by atoms with van der Waals surface area (Å²) in [5.74, 6) is -0.358. The molecule has 0 spiro atoms. The third kappa shape index (κ3) is 6.01. The molecule has 0 saturated heterocycles. The fourth-order valence-corrected chi connectivity index (χ4v) is 4.75. The number of nitrogens with one attached hydrogen (secondary N) is 1. The number of hydrogen-bond donors (Lipinski definition) is 3. The van der Waals surface area contributed by atoms with E-state index in [4.69, 9.17) is 0 Å². The highest BCUT2D eigenvalue weighted by Gasteiger charge is 2.29. The van der Waals surface area contributed by atoms with Gasteiger partial charge in [-0.3, -0.25) is 4.79 Å². The number of hydrogen-bond acceptors (Lipinski definition) is 8. The fourth-order valence-electron chi connectivity index (χ4n) is 2.45. The van der Waals surface area contributed by atoms with Gasteiger partial charge in [0.05, 0.1) is 29.3 Å². The first-order chi connectivity index (χ1) is 14.1. The Bertz CT molecular complexity index is 1020. The molecule has 1 aromatic carbocycles. The molecule has 2 aromatic heterocycles. The molecular weight excluding hydrogens is 459 g/mol. The number of nitrogens with zero attached hydrogens (tertiary/aromatic N) is 2. The number of carbonyl (C=O) groups is 1. The van der Waals surface area contributed by atoms with Crippen molar-refractivity contribution in [2.24, 2.45) is 0 Å². The lowest BCUT2D eigenvalue weighted by atomic mass is 10.1. The Hall–Kier alpha value is -1.99. The summed E-state index contributed by atoms with van der Waals surface area (Å²) in [5, 5.41) is 24.3. The van der Waals surface area contributed by atoms with E-state index in [0.717, 1.165) is 0 Å². The van der Waals surface area contributed by atoms with E-state index < -0.39 is 11.6 Å². The molecule has 0 aliphatic heterocycles. The molecule has 0 aliphatic carbocycles. The van der Waals surface area contributed by atoms with E-state index in [1.165, 1.54) is 46.9 Å². The molecule has 3 N–H and O–H groups in total. The van der Waals surface area contributed by atoms with E-state index in [-0.39, 0.29) is 35.6 Å². The number of rotatable bonds is 7. The fraction of sp³-hybridized carbons (Fsp3) is 0.278. The molecule has 0 radical (unpaired) electrons. The third-order valence-corrected chi connectivity index (χ3v) is 6.51. The first-order valence-electron chi connectivity index (χ1n) is 8.53. The third-order valence-electron chi connectivity index (χ3n) is 3.73. The minimum absolute atomic E-state index is 0.0134. The molecule has 0 bridgehead atoms. The van der Waals surface area contributed by atoms with E-state index >= 15 is 0 Å². The molecule has 0 fully saturated rings. The predicted octanol–water partition coefficient (Wildman–Crippen LogP) is 4.61. The lowest BCUT2D eigenvalue weighted by Crippen LogP contribution is -2.14. The smallest absolute Gasteiger partial charge is 0.390 e. The second-order valence-corrected chi connectivity index (χ2v) is 9.14. The van der Waals surface area contributed by atoms with Crippen molar-refractivity contribution in [1.82, 2.24) is 9.97 Å². The van der Waals surface area contributed by atoms with Crippen LogP contribution in [0.25, 0.3) is 10.6 Å². The number of carbonyl (C=O) groups excluding carboxylic acids is 1. The minimum Gasteiger partial charge on any atom is -0.390 e. The standard InChI is InChI=1S/C18H16F3N3O3S3/c1-9(26)16-22-12(7-25)15(29-16)13-8-28-17(23-13)24-14(27)6-10-2-4-11(5-3-10)30-18(19,20)21/h2-5,8-9,25-26H,6-7H2,1H3,(H,23,24,27). The van der Waals surface area contributed by atoms with Crippen LogP contribution in [0.1, 0.15) is 29.3 Å². The summed E-state index contributed by atoms with van der Waals surface area (Å²) in [4.78, 5) is 21.4. The first kappa shape index (κ1) is 22.7. The van der Waals surface area contributed by atoms with Crippen molar-refractivity contribution in [2.45, 2.75) is 36.5 Å². The van der Waals surface area contributed by atoms with Crippen LogP contribution in [0.15, 0.2) is 34.5 Å². The average Bonchev–Trinajstić information content (AvgIpc) is 3.28. The Morgan fingerprint density at radius 2 is 1.97 bits per heavy atom. The summed E-state index contributed by atoms with van der Waals surface area (Å²) in [6.07, 6.45) is -0.784. The number of thiazole rings is 2. The summed E-state index contributed by atoms with van der Waals surface area (Å²) < 4.78 is 37.1. The number of benzene rings is 1. The van der Waals surface area contributed by atoms with Crippen LogP contribution in [0, 0.1) is 0 Å². The number of amides is 1. The first-order valence-corrected chi connectivity index (χ1v) is 11.0. The monoisotopic (exact) mass is 475 g/mol. The highest BCUT2D eigenvalue weighted by molar-refractivity contribution is 8.00. The van der Waals surface area contributed by atoms with Crippen molar-refractivity contribution in [3.63, 3.8) is 0 Å². The van der Waals surface area contributed by atoms with Gasteiger partial charge in [-0.2, -0.15) is 13.2 Å². The Labute approximate surface area is 181 Å². The molecule has 30 heavy (non-hydrogen) atoms. The number of anilines is 1. The van der Waals surface area contributed by atoms with Crippen LogP contribution in [-0.4, -0.2) is 31.6 Å². The summed E-state index contributed by atoms with van der Waals surface area (Å²) >= 11 is 2.20. The van der Waals surface area contributed by atoms with E-state index in [2.05, 4.69) is 15.3 Å². The quantitative estimate of drug-likeness (QED) is 0.432. The molecule has 0 saturated carbocycles. The van der Waals surface area contributed by atoms with Gasteiger partial charge < -0.3 is 15.5 Å². The Balaban J connectivity index is 1.64. The van der Waals surface area contributed by atoms with E-state index in [1.54, 1.807) is 12.3 Å². The van der Waals surface area contributed by atoms with Gasteiger partial charge in [-0.25, -0.2) is 9.97 Å². The Kier molecular flexibility index (Phi) is 7.14. The molecule has 2 heterocycles. The zero-order chi connectivity index (χ0) is 21.9. The van der Waals surface area contributed by atoms with Crippen molar-refractivity contribution in [3.8, 4) is 10.6 Å². The molecule has 1 atom stereocenters. The number of aliphatic hydroxyl groups excluding tert-OH is 2. The highest BCUT2D eigenvalue weighted by atomic mass is 32.2. The number of thioether (sulfide) groups is 1. The Morgan fingerprint density at radius 1 is 1.27 bits per heavy atom. The van der Waals surface area contributed by atoms with Gasteiger partial charge in [0.15, 0.2) is 5.13 Å². The zero-order valence-corrected chi connectivity index (χ0v) is 17.9. The molecule has 1 amide bonds. The van der Waals surface area contributed by atoms with Crippen LogP contribution in [0.4, 0.5) is 18.3 Å². The molecule has 3 rings (SSSR count). The molecule has 3 aromatic rings. The van der Waals surface area contributed by atoms with Crippen molar-refractivity contribution < 1.29 is 28.2 Å². The van der Waals surface area contributed by atoms with E-state index in [9.17, 15) is 28.2 Å². The molecule has 160 valence electrons. The number of aliphatic hydroxyl groups is 2. The van der Waals surface area contributed by atoms with Crippen molar-refractivity contribution >= 4 is 45.5 Å². The maximum Gasteiger partial charge on any atom is 0.446 e. The summed E-state index contributed by atoms with van der Waals surface area (Å²) in [6.45, 7) is 1.27. The van der Waals surface area contributed by atoms with Gasteiger partial charge in [-0.05, 0) is 36.4 Å². The summed E-state index contributed by atoms with van der Waals surface area (Å²) in [5.41, 5.74) is -2.86.